The quantitative estimate of drug-likeness (QED) is 0.718. The molecule has 1 aliphatic rings. The van der Waals surface area contributed by atoms with E-state index in [4.69, 9.17) is 4.52 Å². The molecular formula is C14H9N5O3S. The number of thioether (sulfide) groups is 1. The molecule has 1 saturated heterocycles. The molecule has 23 heavy (non-hydrogen) atoms. The van der Waals surface area contributed by atoms with E-state index in [9.17, 15) is 9.59 Å². The summed E-state index contributed by atoms with van der Waals surface area (Å²) in [6.45, 7) is 1.71. The Kier molecular flexibility index (Phi) is 3.01. The maximum absolute atomic E-state index is 11.6. The van der Waals surface area contributed by atoms with Crippen LogP contribution in [0.25, 0.3) is 23.2 Å². The third kappa shape index (κ3) is 2.40. The van der Waals surface area contributed by atoms with E-state index in [0.717, 1.165) is 17.3 Å². The van der Waals surface area contributed by atoms with Gasteiger partial charge < -0.3 is 4.52 Å². The van der Waals surface area contributed by atoms with E-state index in [1.807, 2.05) is 12.1 Å². The zero-order chi connectivity index (χ0) is 16.0. The molecule has 8 nitrogen and oxygen atoms in total. The highest BCUT2D eigenvalue weighted by Gasteiger charge is 2.25. The van der Waals surface area contributed by atoms with Gasteiger partial charge in [-0.3, -0.25) is 19.3 Å². The number of fused-ring (bicyclic) bond motifs is 1. The van der Waals surface area contributed by atoms with Crippen LogP contribution in [0.3, 0.4) is 0 Å². The van der Waals surface area contributed by atoms with Crippen molar-refractivity contribution in [2.45, 2.75) is 6.92 Å². The summed E-state index contributed by atoms with van der Waals surface area (Å²) >= 11 is 0.877. The molecule has 0 aliphatic carbocycles. The van der Waals surface area contributed by atoms with Crippen LogP contribution < -0.4 is 5.32 Å². The predicted molar refractivity (Wildman–Crippen MR) is 82.3 cm³/mol. The van der Waals surface area contributed by atoms with Crippen molar-refractivity contribution in [2.24, 2.45) is 0 Å². The summed E-state index contributed by atoms with van der Waals surface area (Å²) in [6, 6.07) is 3.62. The number of hydrogen-bond acceptors (Lipinski definition) is 7. The molecule has 0 aromatic carbocycles. The Bertz CT molecular complexity index is 987. The van der Waals surface area contributed by atoms with E-state index in [1.165, 1.54) is 0 Å². The fraction of sp³-hybridized carbons (Fsp3) is 0.0714. The summed E-state index contributed by atoms with van der Waals surface area (Å²) in [5, 5.41) is 5.74. The molecule has 0 radical (unpaired) electrons. The monoisotopic (exact) mass is 327 g/mol. The van der Waals surface area contributed by atoms with Gasteiger partial charge in [0, 0.05) is 13.1 Å². The Hall–Kier alpha value is -2.94. The minimum atomic E-state index is -0.389. The molecule has 1 N–H and O–H groups in total. The zero-order valence-corrected chi connectivity index (χ0v) is 12.6. The number of imidazole rings is 1. The average Bonchev–Trinajstić information content (AvgIpc) is 3.18. The van der Waals surface area contributed by atoms with Crippen molar-refractivity contribution in [3.05, 3.63) is 40.9 Å². The van der Waals surface area contributed by atoms with E-state index < -0.39 is 0 Å². The van der Waals surface area contributed by atoms with Crippen molar-refractivity contribution in [2.75, 3.05) is 0 Å². The van der Waals surface area contributed by atoms with Crippen LogP contribution in [0.2, 0.25) is 0 Å². The van der Waals surface area contributed by atoms with E-state index in [2.05, 4.69) is 20.4 Å². The van der Waals surface area contributed by atoms with Gasteiger partial charge in [0.2, 0.25) is 11.7 Å². The van der Waals surface area contributed by atoms with Gasteiger partial charge in [-0.05, 0) is 35.5 Å². The minimum absolute atomic E-state index is 0.353. The van der Waals surface area contributed by atoms with Gasteiger partial charge in [0.25, 0.3) is 11.1 Å². The molecule has 0 atom stereocenters. The summed E-state index contributed by atoms with van der Waals surface area (Å²) in [7, 11) is 0. The fourth-order valence-corrected chi connectivity index (χ4v) is 2.91. The van der Waals surface area contributed by atoms with Crippen molar-refractivity contribution in [1.29, 1.82) is 0 Å². The van der Waals surface area contributed by atoms with Gasteiger partial charge in [0.05, 0.1) is 11.1 Å². The number of imide groups is 1. The predicted octanol–water partition coefficient (Wildman–Crippen LogP) is 2.02. The van der Waals surface area contributed by atoms with Gasteiger partial charge in [-0.25, -0.2) is 4.98 Å². The molecule has 0 saturated carbocycles. The van der Waals surface area contributed by atoms with E-state index in [-0.39, 0.29) is 11.1 Å². The Morgan fingerprint density at radius 3 is 2.91 bits per heavy atom. The number of nitrogens with one attached hydrogen (secondary N) is 1. The largest absolute Gasteiger partial charge is 0.339 e. The van der Waals surface area contributed by atoms with Crippen LogP contribution in [0.5, 0.6) is 0 Å². The topological polar surface area (TPSA) is 102 Å². The fourth-order valence-electron chi connectivity index (χ4n) is 2.22. The second kappa shape index (κ2) is 5.06. The average molecular weight is 327 g/mol. The van der Waals surface area contributed by atoms with Gasteiger partial charge >= 0.3 is 0 Å². The van der Waals surface area contributed by atoms with Crippen LogP contribution in [0, 0.1) is 6.92 Å². The van der Waals surface area contributed by atoms with Crippen LogP contribution in [-0.4, -0.2) is 30.7 Å². The lowest BCUT2D eigenvalue weighted by molar-refractivity contribution is -0.115. The molecule has 2 amide bonds. The lowest BCUT2D eigenvalue weighted by Gasteiger charge is -2.00. The van der Waals surface area contributed by atoms with Gasteiger partial charge in [-0.1, -0.05) is 5.16 Å². The molecule has 3 aromatic rings. The van der Waals surface area contributed by atoms with E-state index in [0.29, 0.717) is 28.0 Å². The van der Waals surface area contributed by atoms with E-state index in [1.54, 1.807) is 29.8 Å². The zero-order valence-electron chi connectivity index (χ0n) is 11.8. The number of aromatic nitrogens is 4. The second-order valence-corrected chi connectivity index (χ2v) is 5.84. The van der Waals surface area contributed by atoms with Gasteiger partial charge in [0.1, 0.15) is 11.3 Å². The third-order valence-corrected chi connectivity index (χ3v) is 4.04. The molecule has 1 aliphatic heterocycles. The van der Waals surface area contributed by atoms with Gasteiger partial charge in [0.15, 0.2) is 0 Å². The maximum Gasteiger partial charge on any atom is 0.290 e. The van der Waals surface area contributed by atoms with Crippen molar-refractivity contribution < 1.29 is 14.1 Å². The van der Waals surface area contributed by atoms with Crippen molar-refractivity contribution in [3.63, 3.8) is 0 Å². The summed E-state index contributed by atoms with van der Waals surface area (Å²) in [6.07, 6.45) is 5.10. The molecule has 9 heteroatoms. The molecule has 114 valence electrons. The highest BCUT2D eigenvalue weighted by atomic mass is 32.2. The minimum Gasteiger partial charge on any atom is -0.339 e. The molecular weight excluding hydrogens is 318 g/mol. The number of pyridine rings is 1. The van der Waals surface area contributed by atoms with Gasteiger partial charge in [-0.15, -0.1) is 0 Å². The molecule has 1 fully saturated rings. The third-order valence-electron chi connectivity index (χ3n) is 3.22. The van der Waals surface area contributed by atoms with E-state index >= 15 is 0 Å². The molecule has 0 spiro atoms. The first-order valence-corrected chi connectivity index (χ1v) is 7.44. The standard InChI is InChI=1S/C14H9N5O3S/c1-7-16-12(18-22-7)9-5-15-11-3-2-8(6-19(9)11)4-10-13(20)17-14(21)23-10/h2-6H,1H3,(H,17,20,21). The summed E-state index contributed by atoms with van der Waals surface area (Å²) in [4.78, 5) is 31.7. The number of carbonyl (C=O) groups is 2. The first kappa shape index (κ1) is 13.7. The molecule has 3 aromatic heterocycles. The SMILES string of the molecule is Cc1nc(-c2cnc3ccc(C=C4SC(=O)NC4=O)cn23)no1. The normalized spacial score (nSPS) is 16.5. The van der Waals surface area contributed by atoms with Gasteiger partial charge in [-0.2, -0.15) is 4.98 Å². The van der Waals surface area contributed by atoms with Crippen molar-refractivity contribution >= 4 is 34.6 Å². The van der Waals surface area contributed by atoms with Crippen LogP contribution in [0.4, 0.5) is 4.79 Å². The maximum atomic E-state index is 11.6. The Morgan fingerprint density at radius 2 is 2.22 bits per heavy atom. The first-order chi connectivity index (χ1) is 11.1. The highest BCUT2D eigenvalue weighted by molar-refractivity contribution is 8.18. The van der Waals surface area contributed by atoms with Crippen LogP contribution in [0.15, 0.2) is 34.0 Å². The number of carbonyl (C=O) groups excluding carboxylic acids is 2. The smallest absolute Gasteiger partial charge is 0.290 e. The molecule has 4 heterocycles. The van der Waals surface area contributed by atoms with Crippen LogP contribution in [0.1, 0.15) is 11.5 Å². The number of rotatable bonds is 2. The lowest BCUT2D eigenvalue weighted by atomic mass is 10.2. The van der Waals surface area contributed by atoms with Crippen LogP contribution >= 0.6 is 11.8 Å². The summed E-state index contributed by atoms with van der Waals surface area (Å²) in [5.74, 6) is 0.508. The Balaban J connectivity index is 1.80. The Labute approximate surface area is 133 Å². The molecule has 0 bridgehead atoms. The first-order valence-electron chi connectivity index (χ1n) is 6.63. The number of hydrogen-bond donors (Lipinski definition) is 1. The Morgan fingerprint density at radius 1 is 1.35 bits per heavy atom. The second-order valence-electron chi connectivity index (χ2n) is 4.82. The highest BCUT2D eigenvalue weighted by Crippen LogP contribution is 2.26. The molecule has 0 unspecified atom stereocenters. The van der Waals surface area contributed by atoms with Crippen LogP contribution in [-0.2, 0) is 4.79 Å². The lowest BCUT2D eigenvalue weighted by Crippen LogP contribution is -2.17. The molecule has 4 rings (SSSR count). The van der Waals surface area contributed by atoms with Crippen molar-refractivity contribution in [1.82, 2.24) is 24.8 Å². The number of amides is 2. The summed E-state index contributed by atoms with van der Waals surface area (Å²) in [5.41, 5.74) is 2.14. The number of aryl methyl sites for hydroxylation is 1. The number of nitrogens with zero attached hydrogens (tertiary/aromatic N) is 4. The van der Waals surface area contributed by atoms with Crippen molar-refractivity contribution in [3.8, 4) is 11.5 Å². The summed E-state index contributed by atoms with van der Waals surface area (Å²) < 4.78 is 6.79.